The van der Waals surface area contributed by atoms with Gasteiger partial charge in [-0.3, -0.25) is 4.57 Å². The van der Waals surface area contributed by atoms with Gasteiger partial charge in [-0.1, -0.05) is 12.8 Å². The van der Waals surface area contributed by atoms with Crippen molar-refractivity contribution in [2.75, 3.05) is 12.3 Å². The highest BCUT2D eigenvalue weighted by atomic mass is 16.6. The Morgan fingerprint density at radius 2 is 1.90 bits per heavy atom. The largest absolute Gasteiger partial charge is 0.394 e. The molecule has 0 saturated carbocycles. The molecule has 0 spiro atoms. The van der Waals surface area contributed by atoms with Gasteiger partial charge in [0.1, 0.15) is 23.8 Å². The van der Waals surface area contributed by atoms with E-state index >= 15 is 0 Å². The molecule has 3 rings (SSSR count). The summed E-state index contributed by atoms with van der Waals surface area (Å²) in [4.78, 5) is 12.7. The molecule has 2 aromatic heterocycles. The van der Waals surface area contributed by atoms with Gasteiger partial charge in [0.15, 0.2) is 17.7 Å². The quantitative estimate of drug-likeness (QED) is 0.417. The first kappa shape index (κ1) is 21.0. The number of hydrogen-bond acceptors (Lipinski definition) is 8. The van der Waals surface area contributed by atoms with E-state index in [9.17, 15) is 15.3 Å². The summed E-state index contributed by atoms with van der Waals surface area (Å²) in [6.45, 7) is 1.61. The van der Waals surface area contributed by atoms with Crippen LogP contribution in [0.1, 0.15) is 51.1 Å². The van der Waals surface area contributed by atoms with Crippen molar-refractivity contribution in [3.63, 3.8) is 0 Å². The van der Waals surface area contributed by atoms with E-state index in [1.54, 1.807) is 0 Å². The van der Waals surface area contributed by atoms with Gasteiger partial charge in [0.2, 0.25) is 5.82 Å². The van der Waals surface area contributed by atoms with Gasteiger partial charge in [-0.05, 0) is 18.8 Å². The highest BCUT2D eigenvalue weighted by Gasteiger charge is 2.44. The third-order valence-corrected chi connectivity index (χ3v) is 4.60. The van der Waals surface area contributed by atoms with E-state index in [-0.39, 0.29) is 11.6 Å². The summed E-state index contributed by atoms with van der Waals surface area (Å²) in [5.41, 5.74) is 6.67. The summed E-state index contributed by atoms with van der Waals surface area (Å²) >= 11 is 0. The highest BCUT2D eigenvalue weighted by molar-refractivity contribution is 5.82. The topological polar surface area (TPSA) is 140 Å². The van der Waals surface area contributed by atoms with Gasteiger partial charge in [-0.2, -0.15) is 0 Å². The van der Waals surface area contributed by atoms with E-state index in [1.807, 2.05) is 6.92 Å². The Labute approximate surface area is 168 Å². The van der Waals surface area contributed by atoms with Crippen LogP contribution in [0.2, 0.25) is 0 Å². The highest BCUT2D eigenvalue weighted by Crippen LogP contribution is 2.31. The monoisotopic (exact) mass is 399 g/mol. The van der Waals surface area contributed by atoms with Crippen LogP contribution < -0.4 is 5.73 Å². The molecule has 1 saturated heterocycles. The summed E-state index contributed by atoms with van der Waals surface area (Å²) in [5, 5.41) is 29.5. The van der Waals surface area contributed by atoms with Crippen LogP contribution in [-0.4, -0.2) is 59.8 Å². The molecule has 5 N–H and O–H groups in total. The molecule has 1 aliphatic rings. The van der Waals surface area contributed by atoms with Crippen molar-refractivity contribution in [1.82, 2.24) is 19.5 Å². The average molecular weight is 399 g/mol. The van der Waals surface area contributed by atoms with Gasteiger partial charge in [-0.15, -0.1) is 11.8 Å². The molecule has 154 valence electrons. The number of ether oxygens (including phenoxy) is 1. The van der Waals surface area contributed by atoms with Crippen LogP contribution in [0, 0.1) is 23.7 Å². The van der Waals surface area contributed by atoms with Crippen molar-refractivity contribution in [2.45, 2.75) is 63.6 Å². The van der Waals surface area contributed by atoms with E-state index in [4.69, 9.17) is 10.5 Å². The molecule has 0 bridgehead atoms. The zero-order valence-corrected chi connectivity index (χ0v) is 16.2. The minimum Gasteiger partial charge on any atom is -0.394 e. The molecule has 1 fully saturated rings. The summed E-state index contributed by atoms with van der Waals surface area (Å²) in [6.07, 6.45) is 1.46. The number of unbranched alkanes of at least 4 members (excludes halogenated alkanes) is 3. The van der Waals surface area contributed by atoms with Gasteiger partial charge in [-0.25, -0.2) is 15.0 Å². The van der Waals surface area contributed by atoms with Crippen molar-refractivity contribution in [3.8, 4) is 23.7 Å². The van der Waals surface area contributed by atoms with E-state index in [2.05, 4.69) is 38.6 Å². The van der Waals surface area contributed by atoms with Crippen LogP contribution in [0.5, 0.6) is 0 Å². The van der Waals surface area contributed by atoms with Crippen molar-refractivity contribution in [3.05, 3.63) is 12.2 Å². The lowest BCUT2D eigenvalue weighted by molar-refractivity contribution is -0.0511. The lowest BCUT2D eigenvalue weighted by Crippen LogP contribution is -2.33. The minimum absolute atomic E-state index is 0.166. The summed E-state index contributed by atoms with van der Waals surface area (Å²) < 4.78 is 7.01. The SMILES string of the molecule is CCC#CCCCCC#Cc1nc(N)c2ncn([C@@H]3O[C@H](CO)[C@@H](O)[C@H]3O)c2n1. The molecule has 2 aromatic rings. The van der Waals surface area contributed by atoms with Crippen molar-refractivity contribution < 1.29 is 20.1 Å². The molecule has 0 aromatic carbocycles. The minimum atomic E-state index is -1.24. The first-order chi connectivity index (χ1) is 14.1. The number of aromatic nitrogens is 4. The van der Waals surface area contributed by atoms with Crippen LogP contribution in [0.3, 0.4) is 0 Å². The van der Waals surface area contributed by atoms with E-state index in [1.165, 1.54) is 10.9 Å². The van der Waals surface area contributed by atoms with Crippen molar-refractivity contribution in [1.29, 1.82) is 0 Å². The number of anilines is 1. The van der Waals surface area contributed by atoms with Gasteiger partial charge in [0.25, 0.3) is 0 Å². The predicted octanol–water partition coefficient (Wildman–Crippen LogP) is 0.345. The lowest BCUT2D eigenvalue weighted by atomic mass is 10.1. The average Bonchev–Trinajstić information content (AvgIpc) is 3.25. The first-order valence-corrected chi connectivity index (χ1v) is 9.63. The van der Waals surface area contributed by atoms with E-state index < -0.39 is 31.1 Å². The molecule has 3 heterocycles. The van der Waals surface area contributed by atoms with Gasteiger partial charge < -0.3 is 25.8 Å². The number of imidazole rings is 1. The van der Waals surface area contributed by atoms with Crippen LogP contribution in [0.15, 0.2) is 6.33 Å². The second-order valence-electron chi connectivity index (χ2n) is 6.70. The molecule has 0 radical (unpaired) electrons. The number of aliphatic hydroxyl groups excluding tert-OH is 3. The fraction of sp³-hybridized carbons (Fsp3) is 0.550. The Bertz CT molecular complexity index is 968. The molecular weight excluding hydrogens is 374 g/mol. The molecule has 1 aliphatic heterocycles. The van der Waals surface area contributed by atoms with Gasteiger partial charge >= 0.3 is 0 Å². The number of aliphatic hydroxyl groups is 3. The third kappa shape index (κ3) is 4.66. The van der Waals surface area contributed by atoms with E-state index in [0.717, 1.165) is 25.7 Å². The zero-order chi connectivity index (χ0) is 20.8. The number of fused-ring (bicyclic) bond motifs is 1. The molecule has 29 heavy (non-hydrogen) atoms. The smallest absolute Gasteiger partial charge is 0.208 e. The van der Waals surface area contributed by atoms with Crippen LogP contribution in [0.4, 0.5) is 5.82 Å². The molecule has 0 aliphatic carbocycles. The predicted molar refractivity (Wildman–Crippen MR) is 106 cm³/mol. The molecule has 4 atom stereocenters. The maximum Gasteiger partial charge on any atom is 0.208 e. The fourth-order valence-corrected chi connectivity index (χ4v) is 3.07. The molecule has 0 amide bonds. The number of nitrogens with zero attached hydrogens (tertiary/aromatic N) is 4. The Morgan fingerprint density at radius 3 is 2.59 bits per heavy atom. The molecule has 9 heteroatoms. The zero-order valence-electron chi connectivity index (χ0n) is 16.2. The Kier molecular flexibility index (Phi) is 7.02. The fourth-order valence-electron chi connectivity index (χ4n) is 3.07. The molecule has 9 nitrogen and oxygen atoms in total. The van der Waals surface area contributed by atoms with Crippen molar-refractivity contribution in [2.24, 2.45) is 0 Å². The second kappa shape index (κ2) is 9.68. The number of nitrogen functional groups attached to an aromatic ring is 1. The van der Waals surface area contributed by atoms with E-state index in [0.29, 0.717) is 17.6 Å². The van der Waals surface area contributed by atoms with Crippen LogP contribution >= 0.6 is 0 Å². The number of rotatable bonds is 5. The number of nitrogens with two attached hydrogens (primary N) is 1. The standard InChI is InChI=1S/C20H25N5O4/c1-2-3-4-5-6-7-8-9-10-14-23-18(21)15-19(24-14)25(12-22-15)20-17(28)16(27)13(11-26)29-20/h12-13,16-17,20,26-28H,2,5-8,11H2,1H3,(H2,21,23,24)/t13-,16-,17-,20-/m1/s1. The van der Waals surface area contributed by atoms with Gasteiger partial charge in [0.05, 0.1) is 12.9 Å². The maximum atomic E-state index is 10.3. The van der Waals surface area contributed by atoms with Crippen LogP contribution in [0.25, 0.3) is 11.2 Å². The third-order valence-electron chi connectivity index (χ3n) is 4.60. The summed E-state index contributed by atoms with van der Waals surface area (Å²) in [7, 11) is 0. The normalized spacial score (nSPS) is 23.4. The Balaban J connectivity index is 1.75. The van der Waals surface area contributed by atoms with Crippen molar-refractivity contribution >= 4 is 17.0 Å². The summed E-state index contributed by atoms with van der Waals surface area (Å²) in [6, 6.07) is 0. The summed E-state index contributed by atoms with van der Waals surface area (Å²) in [5.74, 6) is 12.5. The molecule has 0 unspecified atom stereocenters. The maximum absolute atomic E-state index is 10.3. The number of hydrogen-bond donors (Lipinski definition) is 4. The molecular formula is C20H25N5O4. The second-order valence-corrected chi connectivity index (χ2v) is 6.70. The Morgan fingerprint density at radius 1 is 1.14 bits per heavy atom. The first-order valence-electron chi connectivity index (χ1n) is 9.63. The van der Waals surface area contributed by atoms with Gasteiger partial charge in [0, 0.05) is 19.3 Å². The van der Waals surface area contributed by atoms with Crippen LogP contribution in [-0.2, 0) is 4.74 Å². The lowest BCUT2D eigenvalue weighted by Gasteiger charge is -2.16. The Hall–Kier alpha value is -2.69.